The van der Waals surface area contributed by atoms with Crippen LogP contribution >= 0.6 is 11.3 Å². The summed E-state index contributed by atoms with van der Waals surface area (Å²) in [7, 11) is 1.52. The Labute approximate surface area is 244 Å². The van der Waals surface area contributed by atoms with E-state index in [4.69, 9.17) is 14.2 Å². The predicted octanol–water partition coefficient (Wildman–Crippen LogP) is 4.29. The van der Waals surface area contributed by atoms with E-state index in [1.165, 1.54) is 23.8 Å². The molecule has 0 spiro atoms. The van der Waals surface area contributed by atoms with Gasteiger partial charge in [-0.1, -0.05) is 59.9 Å². The minimum atomic E-state index is -0.857. The normalized spacial score (nSPS) is 14.6. The van der Waals surface area contributed by atoms with Crippen LogP contribution in [0.1, 0.15) is 36.6 Å². The van der Waals surface area contributed by atoms with Crippen molar-refractivity contribution in [3.8, 4) is 11.5 Å². The Hall–Kier alpha value is -5.03. The van der Waals surface area contributed by atoms with E-state index in [9.17, 15) is 19.7 Å². The monoisotopic (exact) mass is 585 g/mol. The van der Waals surface area contributed by atoms with Crippen LogP contribution in [-0.2, 0) is 16.1 Å². The maximum Gasteiger partial charge on any atom is 0.338 e. The molecular formula is C31H27N3O7S. The molecule has 3 aromatic carbocycles. The molecule has 0 amide bonds. The molecule has 0 fully saturated rings. The number of nitro benzene ring substituents is 1. The van der Waals surface area contributed by atoms with Gasteiger partial charge >= 0.3 is 5.97 Å². The second-order valence-corrected chi connectivity index (χ2v) is 10.3. The average molecular weight is 586 g/mol. The van der Waals surface area contributed by atoms with Crippen molar-refractivity contribution in [3.05, 3.63) is 131 Å². The molecular weight excluding hydrogens is 558 g/mol. The first kappa shape index (κ1) is 28.5. The van der Waals surface area contributed by atoms with Crippen LogP contribution in [0.25, 0.3) is 6.08 Å². The number of thiazole rings is 1. The van der Waals surface area contributed by atoms with E-state index in [1.54, 1.807) is 50.3 Å². The molecule has 0 radical (unpaired) electrons. The molecule has 214 valence electrons. The first-order chi connectivity index (χ1) is 20.3. The number of benzene rings is 3. The third-order valence-electron chi connectivity index (χ3n) is 6.64. The molecule has 0 saturated heterocycles. The summed E-state index contributed by atoms with van der Waals surface area (Å²) in [6.07, 6.45) is 1.58. The highest BCUT2D eigenvalue weighted by molar-refractivity contribution is 7.07. The summed E-state index contributed by atoms with van der Waals surface area (Å²) in [6, 6.07) is 20.1. The van der Waals surface area contributed by atoms with Gasteiger partial charge in [-0.25, -0.2) is 9.79 Å². The first-order valence-corrected chi connectivity index (χ1v) is 13.9. The van der Waals surface area contributed by atoms with Gasteiger partial charge in [-0.2, -0.15) is 0 Å². The molecule has 1 aliphatic rings. The summed E-state index contributed by atoms with van der Waals surface area (Å²) in [4.78, 5) is 42.8. The van der Waals surface area contributed by atoms with Crippen LogP contribution < -0.4 is 24.4 Å². The molecule has 0 bridgehead atoms. The Kier molecular flexibility index (Phi) is 8.30. The number of carbonyl (C=O) groups is 1. The van der Waals surface area contributed by atoms with Crippen LogP contribution in [0.2, 0.25) is 0 Å². The standard InChI is InChI=1S/C31H27N3O7S/c1-4-40-30(36)27-19(2)32-31-33(29(35)26(42-31)16-21-11-8-12-23(15-21)34(37)38)28(27)22-13-14-24(25(17-22)39-3)41-18-20-9-6-5-7-10-20/h5-17,28H,4,18H2,1-3H3. The molecule has 1 atom stereocenters. The van der Waals surface area contributed by atoms with E-state index in [2.05, 4.69) is 4.99 Å². The van der Waals surface area contributed by atoms with Gasteiger partial charge in [0.15, 0.2) is 16.3 Å². The summed E-state index contributed by atoms with van der Waals surface area (Å²) < 4.78 is 18.8. The van der Waals surface area contributed by atoms with Crippen LogP contribution in [0, 0.1) is 10.1 Å². The van der Waals surface area contributed by atoms with Crippen molar-refractivity contribution in [2.45, 2.75) is 26.5 Å². The molecule has 1 aliphatic heterocycles. The maximum atomic E-state index is 13.9. The lowest BCUT2D eigenvalue weighted by Gasteiger charge is -2.25. The second-order valence-electron chi connectivity index (χ2n) is 9.34. The number of nitrogens with zero attached hydrogens (tertiary/aromatic N) is 3. The quantitative estimate of drug-likeness (QED) is 0.163. The molecule has 0 aliphatic carbocycles. The zero-order valence-corrected chi connectivity index (χ0v) is 23.9. The molecule has 11 heteroatoms. The molecule has 0 saturated carbocycles. The van der Waals surface area contributed by atoms with Crippen molar-refractivity contribution in [2.75, 3.05) is 13.7 Å². The fourth-order valence-electron chi connectivity index (χ4n) is 4.70. The molecule has 2 heterocycles. The van der Waals surface area contributed by atoms with Gasteiger partial charge < -0.3 is 14.2 Å². The Morgan fingerprint density at radius 2 is 1.88 bits per heavy atom. The van der Waals surface area contributed by atoms with Crippen molar-refractivity contribution < 1.29 is 23.9 Å². The van der Waals surface area contributed by atoms with Crippen molar-refractivity contribution in [3.63, 3.8) is 0 Å². The van der Waals surface area contributed by atoms with E-state index in [0.717, 1.165) is 16.9 Å². The molecule has 42 heavy (non-hydrogen) atoms. The lowest BCUT2D eigenvalue weighted by Crippen LogP contribution is -2.40. The Balaban J connectivity index is 1.62. The van der Waals surface area contributed by atoms with Gasteiger partial charge in [0.2, 0.25) is 0 Å². The van der Waals surface area contributed by atoms with Crippen LogP contribution in [0.3, 0.4) is 0 Å². The summed E-state index contributed by atoms with van der Waals surface area (Å²) in [6.45, 7) is 3.89. The number of rotatable bonds is 9. The number of carbonyl (C=O) groups excluding carboxylic acids is 1. The number of methoxy groups -OCH3 is 1. The number of nitro groups is 1. The highest BCUT2D eigenvalue weighted by atomic mass is 32.1. The van der Waals surface area contributed by atoms with Crippen LogP contribution in [0.4, 0.5) is 5.69 Å². The number of aromatic nitrogens is 1. The van der Waals surface area contributed by atoms with Gasteiger partial charge in [0.25, 0.3) is 11.2 Å². The number of non-ortho nitro benzene ring substituents is 1. The van der Waals surface area contributed by atoms with Gasteiger partial charge in [0.05, 0.1) is 40.5 Å². The van der Waals surface area contributed by atoms with E-state index < -0.39 is 22.5 Å². The lowest BCUT2D eigenvalue weighted by atomic mass is 9.95. The van der Waals surface area contributed by atoms with Crippen LogP contribution in [0.5, 0.6) is 11.5 Å². The van der Waals surface area contributed by atoms with Crippen molar-refractivity contribution >= 4 is 29.1 Å². The number of ether oxygens (including phenoxy) is 3. The number of fused-ring (bicyclic) bond motifs is 1. The average Bonchev–Trinajstić information content (AvgIpc) is 3.29. The number of allylic oxidation sites excluding steroid dienone is 1. The van der Waals surface area contributed by atoms with Crippen LogP contribution in [-0.4, -0.2) is 29.2 Å². The minimum absolute atomic E-state index is 0.0866. The van der Waals surface area contributed by atoms with Crippen molar-refractivity contribution in [2.24, 2.45) is 4.99 Å². The third-order valence-corrected chi connectivity index (χ3v) is 7.62. The highest BCUT2D eigenvalue weighted by Gasteiger charge is 2.34. The molecule has 0 N–H and O–H groups in total. The van der Waals surface area contributed by atoms with Crippen molar-refractivity contribution in [1.82, 2.24) is 4.57 Å². The molecule has 5 rings (SSSR count). The van der Waals surface area contributed by atoms with E-state index in [-0.39, 0.29) is 17.9 Å². The van der Waals surface area contributed by atoms with Gasteiger partial charge in [-0.05, 0) is 48.7 Å². The van der Waals surface area contributed by atoms with E-state index >= 15 is 0 Å². The lowest BCUT2D eigenvalue weighted by molar-refractivity contribution is -0.384. The van der Waals surface area contributed by atoms with Crippen LogP contribution in [0.15, 0.2) is 93.9 Å². The number of hydrogen-bond donors (Lipinski definition) is 0. The minimum Gasteiger partial charge on any atom is -0.493 e. The number of esters is 1. The zero-order valence-electron chi connectivity index (χ0n) is 23.1. The molecule has 4 aromatic rings. The van der Waals surface area contributed by atoms with Gasteiger partial charge in [-0.3, -0.25) is 19.5 Å². The summed E-state index contributed by atoms with van der Waals surface area (Å²) >= 11 is 1.14. The Morgan fingerprint density at radius 3 is 2.60 bits per heavy atom. The zero-order chi connectivity index (χ0) is 29.8. The predicted molar refractivity (Wildman–Crippen MR) is 157 cm³/mol. The third kappa shape index (κ3) is 5.72. The Bertz CT molecular complexity index is 1880. The molecule has 1 aromatic heterocycles. The maximum absolute atomic E-state index is 13.9. The van der Waals surface area contributed by atoms with Gasteiger partial charge in [0, 0.05) is 12.1 Å². The molecule has 10 nitrogen and oxygen atoms in total. The topological polar surface area (TPSA) is 122 Å². The van der Waals surface area contributed by atoms with Gasteiger partial charge in [0.1, 0.15) is 6.61 Å². The SMILES string of the molecule is CCOC(=O)C1=C(C)N=c2sc(=Cc3cccc([N+](=O)[O-])c3)c(=O)n2C1c1ccc(OCc2ccccc2)c(OC)c1. The fraction of sp³-hybridized carbons (Fsp3) is 0.194. The largest absolute Gasteiger partial charge is 0.493 e. The Morgan fingerprint density at radius 1 is 1.10 bits per heavy atom. The number of hydrogen-bond acceptors (Lipinski definition) is 9. The van der Waals surface area contributed by atoms with Crippen molar-refractivity contribution in [1.29, 1.82) is 0 Å². The molecule has 1 unspecified atom stereocenters. The van der Waals surface area contributed by atoms with E-state index in [1.807, 2.05) is 30.3 Å². The summed E-state index contributed by atoms with van der Waals surface area (Å²) in [5.74, 6) is 0.349. The summed E-state index contributed by atoms with van der Waals surface area (Å²) in [5, 5.41) is 11.3. The van der Waals surface area contributed by atoms with E-state index in [0.29, 0.717) is 44.3 Å². The second kappa shape index (κ2) is 12.2. The first-order valence-electron chi connectivity index (χ1n) is 13.1. The van der Waals surface area contributed by atoms with Gasteiger partial charge in [-0.15, -0.1) is 0 Å². The summed E-state index contributed by atoms with van der Waals surface area (Å²) in [5.41, 5.74) is 2.25. The smallest absolute Gasteiger partial charge is 0.338 e. The fourth-order valence-corrected chi connectivity index (χ4v) is 5.74. The highest BCUT2D eigenvalue weighted by Crippen LogP contribution is 2.36.